The molecule has 0 aliphatic heterocycles. The van der Waals surface area contributed by atoms with E-state index in [4.69, 9.17) is 27.9 Å². The minimum absolute atomic E-state index is 0.230. The molecule has 0 radical (unpaired) electrons. The molecule has 2 amide bonds. The number of carbonyl (C=O) groups excluding carboxylic acids is 2. The Morgan fingerprint density at radius 1 is 1.22 bits per heavy atom. The third-order valence-electron chi connectivity index (χ3n) is 3.57. The zero-order chi connectivity index (χ0) is 19.8. The fraction of sp³-hybridized carbons (Fsp3) is 0.211. The number of hydrogen-bond donors (Lipinski definition) is 2. The number of hydrazone groups is 1. The standard InChI is InChI=1S/C19H19Cl2N3O3/c1-12-5-3-4-6-14(12)10-23-24-18(25)11-22-19(26)13(2)27-17-8-7-15(20)9-16(17)21/h3-10,13H,11H2,1-2H3,(H,22,26)(H,24,25). The Kier molecular flexibility index (Phi) is 7.64. The average Bonchev–Trinajstić information content (AvgIpc) is 2.63. The zero-order valence-corrected chi connectivity index (χ0v) is 16.3. The molecule has 2 aromatic carbocycles. The first-order chi connectivity index (χ1) is 12.9. The number of benzene rings is 2. The normalized spacial score (nSPS) is 11.9. The maximum atomic E-state index is 12.0. The highest BCUT2D eigenvalue weighted by atomic mass is 35.5. The molecule has 0 spiro atoms. The van der Waals surface area contributed by atoms with Crippen LogP contribution >= 0.6 is 23.2 Å². The van der Waals surface area contributed by atoms with Crippen molar-refractivity contribution >= 4 is 41.2 Å². The second-order valence-electron chi connectivity index (χ2n) is 5.70. The highest BCUT2D eigenvalue weighted by molar-refractivity contribution is 6.35. The SMILES string of the molecule is Cc1ccccc1C=NNC(=O)CNC(=O)C(C)Oc1ccc(Cl)cc1Cl. The van der Waals surface area contributed by atoms with Crippen LogP contribution in [0, 0.1) is 6.92 Å². The minimum Gasteiger partial charge on any atom is -0.479 e. The molecular weight excluding hydrogens is 389 g/mol. The van der Waals surface area contributed by atoms with Gasteiger partial charge in [-0.15, -0.1) is 0 Å². The van der Waals surface area contributed by atoms with Crippen LogP contribution in [0.5, 0.6) is 5.75 Å². The van der Waals surface area contributed by atoms with Gasteiger partial charge in [-0.2, -0.15) is 5.10 Å². The molecule has 142 valence electrons. The average molecular weight is 408 g/mol. The molecule has 0 heterocycles. The molecule has 0 fully saturated rings. The summed E-state index contributed by atoms with van der Waals surface area (Å²) in [6.07, 6.45) is 0.704. The van der Waals surface area contributed by atoms with Crippen LogP contribution in [0.3, 0.4) is 0 Å². The van der Waals surface area contributed by atoms with Crippen LogP contribution in [0.15, 0.2) is 47.6 Å². The van der Waals surface area contributed by atoms with Crippen LogP contribution < -0.4 is 15.5 Å². The lowest BCUT2D eigenvalue weighted by Crippen LogP contribution is -2.41. The van der Waals surface area contributed by atoms with Crippen molar-refractivity contribution < 1.29 is 14.3 Å². The maximum absolute atomic E-state index is 12.0. The van der Waals surface area contributed by atoms with E-state index in [-0.39, 0.29) is 6.54 Å². The molecule has 2 rings (SSSR count). The maximum Gasteiger partial charge on any atom is 0.261 e. The number of amides is 2. The van der Waals surface area contributed by atoms with Crippen LogP contribution in [-0.2, 0) is 9.59 Å². The zero-order valence-electron chi connectivity index (χ0n) is 14.8. The van der Waals surface area contributed by atoms with E-state index in [0.29, 0.717) is 15.8 Å². The highest BCUT2D eigenvalue weighted by Crippen LogP contribution is 2.28. The summed E-state index contributed by atoms with van der Waals surface area (Å²) in [5, 5.41) is 7.11. The summed E-state index contributed by atoms with van der Waals surface area (Å²) < 4.78 is 5.48. The first-order valence-corrected chi connectivity index (χ1v) is 8.89. The van der Waals surface area contributed by atoms with E-state index in [9.17, 15) is 9.59 Å². The molecule has 2 aromatic rings. The van der Waals surface area contributed by atoms with Crippen molar-refractivity contribution in [1.29, 1.82) is 0 Å². The molecule has 1 atom stereocenters. The van der Waals surface area contributed by atoms with Gasteiger partial charge in [-0.05, 0) is 43.2 Å². The molecule has 8 heteroatoms. The van der Waals surface area contributed by atoms with E-state index < -0.39 is 17.9 Å². The Balaban J connectivity index is 1.78. The fourth-order valence-electron chi connectivity index (χ4n) is 2.07. The summed E-state index contributed by atoms with van der Waals surface area (Å²) in [6, 6.07) is 12.3. The number of carbonyl (C=O) groups is 2. The smallest absolute Gasteiger partial charge is 0.261 e. The molecule has 0 bridgehead atoms. The van der Waals surface area contributed by atoms with Crippen LogP contribution in [0.25, 0.3) is 0 Å². The van der Waals surface area contributed by atoms with Gasteiger partial charge in [-0.25, -0.2) is 5.43 Å². The van der Waals surface area contributed by atoms with Gasteiger partial charge in [0.25, 0.3) is 11.8 Å². The van der Waals surface area contributed by atoms with Crippen LogP contribution in [-0.4, -0.2) is 30.7 Å². The van der Waals surface area contributed by atoms with Crippen molar-refractivity contribution in [3.05, 3.63) is 63.6 Å². The third kappa shape index (κ3) is 6.58. The van der Waals surface area contributed by atoms with Crippen molar-refractivity contribution in [2.24, 2.45) is 5.10 Å². The number of aryl methyl sites for hydroxylation is 1. The number of nitrogens with one attached hydrogen (secondary N) is 2. The predicted molar refractivity (Wildman–Crippen MR) is 106 cm³/mol. The molecule has 0 saturated heterocycles. The summed E-state index contributed by atoms with van der Waals surface area (Å²) in [6.45, 7) is 3.26. The van der Waals surface area contributed by atoms with E-state index in [1.807, 2.05) is 31.2 Å². The van der Waals surface area contributed by atoms with Crippen molar-refractivity contribution in [3.63, 3.8) is 0 Å². The Morgan fingerprint density at radius 3 is 2.67 bits per heavy atom. The van der Waals surface area contributed by atoms with E-state index in [1.54, 1.807) is 25.3 Å². The number of rotatable bonds is 7. The lowest BCUT2D eigenvalue weighted by atomic mass is 10.1. The van der Waals surface area contributed by atoms with Gasteiger partial charge in [0, 0.05) is 5.02 Å². The van der Waals surface area contributed by atoms with Crippen LogP contribution in [0.1, 0.15) is 18.1 Å². The Hall–Kier alpha value is -2.57. The van der Waals surface area contributed by atoms with E-state index in [0.717, 1.165) is 11.1 Å². The Labute approximate surface area is 167 Å². The van der Waals surface area contributed by atoms with Crippen LogP contribution in [0.4, 0.5) is 0 Å². The van der Waals surface area contributed by atoms with Gasteiger partial charge in [-0.1, -0.05) is 47.5 Å². The number of nitrogens with zero attached hydrogens (tertiary/aromatic N) is 1. The molecule has 1 unspecified atom stereocenters. The van der Waals surface area contributed by atoms with Gasteiger partial charge in [0.05, 0.1) is 17.8 Å². The van der Waals surface area contributed by atoms with E-state index >= 15 is 0 Å². The lowest BCUT2D eigenvalue weighted by Gasteiger charge is -2.15. The van der Waals surface area contributed by atoms with Gasteiger partial charge in [0.15, 0.2) is 6.10 Å². The summed E-state index contributed by atoms with van der Waals surface area (Å²) in [4.78, 5) is 23.8. The molecule has 2 N–H and O–H groups in total. The highest BCUT2D eigenvalue weighted by Gasteiger charge is 2.17. The van der Waals surface area contributed by atoms with Crippen LogP contribution in [0.2, 0.25) is 10.0 Å². The Morgan fingerprint density at radius 2 is 1.96 bits per heavy atom. The van der Waals surface area contributed by atoms with Gasteiger partial charge in [-0.3, -0.25) is 9.59 Å². The van der Waals surface area contributed by atoms with Gasteiger partial charge in [0.2, 0.25) is 0 Å². The largest absolute Gasteiger partial charge is 0.479 e. The molecule has 0 aromatic heterocycles. The third-order valence-corrected chi connectivity index (χ3v) is 4.10. The molecule has 27 heavy (non-hydrogen) atoms. The van der Waals surface area contributed by atoms with Crippen molar-refractivity contribution in [2.75, 3.05) is 6.54 Å². The summed E-state index contributed by atoms with van der Waals surface area (Å²) in [5.74, 6) is -0.583. The quantitative estimate of drug-likeness (QED) is 0.545. The summed E-state index contributed by atoms with van der Waals surface area (Å²) in [7, 11) is 0. The fourth-order valence-corrected chi connectivity index (χ4v) is 2.52. The number of halogens is 2. The molecular formula is C19H19Cl2N3O3. The first kappa shape index (κ1) is 20.7. The van der Waals surface area contributed by atoms with Gasteiger partial charge in [0.1, 0.15) is 5.75 Å². The van der Waals surface area contributed by atoms with Crippen molar-refractivity contribution in [2.45, 2.75) is 20.0 Å². The van der Waals surface area contributed by atoms with E-state index in [1.165, 1.54) is 6.07 Å². The van der Waals surface area contributed by atoms with Gasteiger partial charge >= 0.3 is 0 Å². The first-order valence-electron chi connectivity index (χ1n) is 8.14. The molecule has 6 nitrogen and oxygen atoms in total. The van der Waals surface area contributed by atoms with E-state index in [2.05, 4.69) is 15.8 Å². The molecule has 0 aliphatic carbocycles. The van der Waals surface area contributed by atoms with Crippen molar-refractivity contribution in [3.8, 4) is 5.75 Å². The molecule has 0 saturated carbocycles. The van der Waals surface area contributed by atoms with Crippen molar-refractivity contribution in [1.82, 2.24) is 10.7 Å². The topological polar surface area (TPSA) is 79.8 Å². The predicted octanol–water partition coefficient (Wildman–Crippen LogP) is 3.34. The minimum atomic E-state index is -0.841. The second-order valence-corrected chi connectivity index (χ2v) is 6.55. The van der Waals surface area contributed by atoms with Gasteiger partial charge < -0.3 is 10.1 Å². The summed E-state index contributed by atoms with van der Waals surface area (Å²) in [5.41, 5.74) is 4.29. The lowest BCUT2D eigenvalue weighted by molar-refractivity contribution is -0.130. The second kappa shape index (κ2) is 9.94. The Bertz CT molecular complexity index is 856. The number of ether oxygens (including phenoxy) is 1. The summed E-state index contributed by atoms with van der Waals surface area (Å²) >= 11 is 11.8. The monoisotopic (exact) mass is 407 g/mol. The number of hydrogen-bond acceptors (Lipinski definition) is 4. The molecule has 0 aliphatic rings.